The van der Waals surface area contributed by atoms with Crippen molar-refractivity contribution in [3.8, 4) is 11.3 Å². The Bertz CT molecular complexity index is 1120. The van der Waals surface area contributed by atoms with Crippen LogP contribution in [0.3, 0.4) is 0 Å². The van der Waals surface area contributed by atoms with Crippen LogP contribution in [-0.2, 0) is 6.54 Å². The molecule has 0 aliphatic carbocycles. The number of alkyl halides is 3. The summed E-state index contributed by atoms with van der Waals surface area (Å²) in [6, 6.07) is 8.70. The van der Waals surface area contributed by atoms with Crippen LogP contribution in [0.4, 0.5) is 13.2 Å². The van der Waals surface area contributed by atoms with E-state index in [1.54, 1.807) is 24.3 Å². The fraction of sp³-hybridized carbons (Fsp3) is 0.176. The molecule has 1 aromatic carbocycles. The van der Waals surface area contributed by atoms with E-state index in [1.165, 1.54) is 6.20 Å². The second-order valence-corrected chi connectivity index (χ2v) is 6.20. The summed E-state index contributed by atoms with van der Waals surface area (Å²) in [5.74, 6) is 0. The Balaban J connectivity index is 1.99. The van der Waals surface area contributed by atoms with E-state index in [-0.39, 0.29) is 10.8 Å². The summed E-state index contributed by atoms with van der Waals surface area (Å²) in [4.78, 5) is 7.96. The van der Waals surface area contributed by atoms with Crippen molar-refractivity contribution in [2.45, 2.75) is 19.6 Å². The molecule has 26 heavy (non-hydrogen) atoms. The molecule has 0 aliphatic heterocycles. The number of fused-ring (bicyclic) bond motifs is 3. The summed E-state index contributed by atoms with van der Waals surface area (Å²) in [6.07, 6.45) is -3.07. The number of benzene rings is 1. The van der Waals surface area contributed by atoms with Crippen LogP contribution in [0.25, 0.3) is 33.2 Å². The summed E-state index contributed by atoms with van der Waals surface area (Å²) in [6.45, 7) is 0.686. The lowest BCUT2D eigenvalue weighted by Gasteiger charge is -2.10. The largest absolute Gasteiger partial charge is 0.406 e. The number of hydrogen-bond acceptors (Lipinski definition) is 4. The second-order valence-electron chi connectivity index (χ2n) is 5.87. The molecule has 3 aromatic heterocycles. The van der Waals surface area contributed by atoms with E-state index in [0.717, 1.165) is 15.8 Å². The highest BCUT2D eigenvalue weighted by molar-refractivity contribution is 6.28. The van der Waals surface area contributed by atoms with Gasteiger partial charge in [0.05, 0.1) is 28.6 Å². The molecular formula is C17H11ClF3N5. The number of halogens is 4. The van der Waals surface area contributed by atoms with Gasteiger partial charge < -0.3 is 4.57 Å². The summed E-state index contributed by atoms with van der Waals surface area (Å²) in [7, 11) is 0. The molecule has 5 nitrogen and oxygen atoms in total. The molecule has 132 valence electrons. The van der Waals surface area contributed by atoms with Crippen LogP contribution in [0.5, 0.6) is 0 Å². The first-order valence-corrected chi connectivity index (χ1v) is 8.01. The van der Waals surface area contributed by atoms with Gasteiger partial charge in [0.1, 0.15) is 12.1 Å². The lowest BCUT2D eigenvalue weighted by atomic mass is 10.1. The molecule has 4 rings (SSSR count). The van der Waals surface area contributed by atoms with Crippen LogP contribution < -0.4 is 0 Å². The molecule has 4 aromatic rings. The summed E-state index contributed by atoms with van der Waals surface area (Å²) >= 11 is 5.86. The van der Waals surface area contributed by atoms with E-state index in [2.05, 4.69) is 20.2 Å². The topological polar surface area (TPSA) is 56.5 Å². The number of nitrogens with zero attached hydrogens (tertiary/aromatic N) is 5. The van der Waals surface area contributed by atoms with Gasteiger partial charge in [-0.15, -0.1) is 0 Å². The number of aromatic nitrogens is 5. The lowest BCUT2D eigenvalue weighted by molar-refractivity contribution is -0.139. The molecule has 9 heteroatoms. The van der Waals surface area contributed by atoms with Gasteiger partial charge in [-0.1, -0.05) is 6.07 Å². The molecular weight excluding hydrogens is 367 g/mol. The molecule has 0 saturated heterocycles. The lowest BCUT2D eigenvalue weighted by Crippen LogP contribution is -2.17. The van der Waals surface area contributed by atoms with Crippen molar-refractivity contribution >= 4 is 33.5 Å². The molecule has 3 heterocycles. The predicted octanol–water partition coefficient (Wildman–Crippen LogP) is 4.57. The van der Waals surface area contributed by atoms with Crippen molar-refractivity contribution in [1.29, 1.82) is 0 Å². The quantitative estimate of drug-likeness (QED) is 0.480. The van der Waals surface area contributed by atoms with Gasteiger partial charge in [-0.2, -0.15) is 23.4 Å². The van der Waals surface area contributed by atoms with E-state index in [0.29, 0.717) is 22.1 Å². The Hall–Kier alpha value is -2.74. The molecule has 0 saturated carbocycles. The van der Waals surface area contributed by atoms with Crippen LogP contribution in [-0.4, -0.2) is 30.9 Å². The zero-order valence-corrected chi connectivity index (χ0v) is 14.2. The Morgan fingerprint density at radius 3 is 2.58 bits per heavy atom. The summed E-state index contributed by atoms with van der Waals surface area (Å²) < 4.78 is 40.2. The van der Waals surface area contributed by atoms with Gasteiger partial charge in [-0.25, -0.2) is 9.97 Å². The number of hydrogen-bond donors (Lipinski definition) is 0. The highest BCUT2D eigenvalue weighted by atomic mass is 35.5. The van der Waals surface area contributed by atoms with Gasteiger partial charge in [-0.05, 0) is 42.8 Å². The molecule has 0 fully saturated rings. The minimum atomic E-state index is -4.38. The monoisotopic (exact) mass is 377 g/mol. The van der Waals surface area contributed by atoms with E-state index >= 15 is 0 Å². The molecule has 0 bridgehead atoms. The average molecular weight is 378 g/mol. The molecule has 0 aliphatic rings. The molecule has 0 unspecified atom stereocenters. The van der Waals surface area contributed by atoms with E-state index < -0.39 is 12.7 Å². The summed E-state index contributed by atoms with van der Waals surface area (Å²) in [5, 5.41) is 8.66. The third kappa shape index (κ3) is 2.96. The van der Waals surface area contributed by atoms with Crippen molar-refractivity contribution in [3.05, 3.63) is 47.5 Å². The number of aryl methyl sites for hydroxylation is 1. The van der Waals surface area contributed by atoms with Gasteiger partial charge in [-0.3, -0.25) is 0 Å². The zero-order chi connectivity index (χ0) is 18.5. The maximum Gasteiger partial charge on any atom is 0.406 e. The maximum atomic E-state index is 13.0. The Kier molecular flexibility index (Phi) is 3.80. The van der Waals surface area contributed by atoms with Gasteiger partial charge in [0, 0.05) is 10.9 Å². The fourth-order valence-corrected chi connectivity index (χ4v) is 3.04. The van der Waals surface area contributed by atoms with Crippen LogP contribution in [0, 0.1) is 6.92 Å². The van der Waals surface area contributed by atoms with Gasteiger partial charge in [0.25, 0.3) is 0 Å². The normalized spacial score (nSPS) is 12.2. The molecule has 0 N–H and O–H groups in total. The van der Waals surface area contributed by atoms with Crippen LogP contribution in [0.2, 0.25) is 5.28 Å². The van der Waals surface area contributed by atoms with Crippen molar-refractivity contribution in [2.24, 2.45) is 0 Å². The fourth-order valence-electron chi connectivity index (χ4n) is 2.90. The molecule has 0 radical (unpaired) electrons. The Labute approximate surface area is 150 Å². The zero-order valence-electron chi connectivity index (χ0n) is 13.4. The van der Waals surface area contributed by atoms with Crippen LogP contribution >= 0.6 is 11.6 Å². The summed E-state index contributed by atoms with van der Waals surface area (Å²) in [5.41, 5.74) is 3.16. The van der Waals surface area contributed by atoms with Crippen LogP contribution in [0.15, 0.2) is 36.5 Å². The smallest absolute Gasteiger partial charge is 0.329 e. The predicted molar refractivity (Wildman–Crippen MR) is 91.9 cm³/mol. The van der Waals surface area contributed by atoms with E-state index in [4.69, 9.17) is 11.6 Å². The van der Waals surface area contributed by atoms with E-state index in [9.17, 15) is 13.2 Å². The third-order valence-corrected chi connectivity index (χ3v) is 4.19. The standard InChI is InChI=1S/C17H11ClF3N5/c1-9-2-4-12(25-24-9)10-3-5-13-11(6-10)15-14(7-22-16(18)23-15)26(13)8-17(19,20)21/h2-7H,8H2,1H3. The molecule has 0 atom stereocenters. The first kappa shape index (κ1) is 16.7. The second kappa shape index (κ2) is 5.91. The first-order valence-electron chi connectivity index (χ1n) is 7.64. The van der Waals surface area contributed by atoms with Gasteiger partial charge in [0.2, 0.25) is 5.28 Å². The third-order valence-electron chi connectivity index (χ3n) is 4.00. The average Bonchev–Trinajstić information content (AvgIpc) is 2.87. The van der Waals surface area contributed by atoms with Crippen molar-refractivity contribution in [1.82, 2.24) is 24.7 Å². The maximum absolute atomic E-state index is 13.0. The van der Waals surface area contributed by atoms with Gasteiger partial charge >= 0.3 is 6.18 Å². The SMILES string of the molecule is Cc1ccc(-c2ccc3c(c2)c2nc(Cl)ncc2n3CC(F)(F)F)nn1. The minimum Gasteiger partial charge on any atom is -0.329 e. The molecule has 0 amide bonds. The number of rotatable bonds is 2. The first-order chi connectivity index (χ1) is 12.3. The van der Waals surface area contributed by atoms with Crippen molar-refractivity contribution < 1.29 is 13.2 Å². The molecule has 0 spiro atoms. The Morgan fingerprint density at radius 2 is 1.88 bits per heavy atom. The van der Waals surface area contributed by atoms with E-state index in [1.807, 2.05) is 13.0 Å². The van der Waals surface area contributed by atoms with Crippen LogP contribution in [0.1, 0.15) is 5.69 Å². The highest BCUT2D eigenvalue weighted by Crippen LogP contribution is 2.33. The van der Waals surface area contributed by atoms with Crippen molar-refractivity contribution in [3.63, 3.8) is 0 Å². The minimum absolute atomic E-state index is 0.0240. The van der Waals surface area contributed by atoms with Crippen molar-refractivity contribution in [2.75, 3.05) is 0 Å². The van der Waals surface area contributed by atoms with Gasteiger partial charge in [0.15, 0.2) is 0 Å². The highest BCUT2D eigenvalue weighted by Gasteiger charge is 2.30. The Morgan fingerprint density at radius 1 is 1.08 bits per heavy atom.